The second kappa shape index (κ2) is 6.79. The molecule has 0 fully saturated rings. The van der Waals surface area contributed by atoms with E-state index >= 15 is 0 Å². The summed E-state index contributed by atoms with van der Waals surface area (Å²) >= 11 is 1.62. The van der Waals surface area contributed by atoms with Crippen molar-refractivity contribution in [2.24, 2.45) is 0 Å². The molecule has 3 aromatic rings. The molecular formula is C18H19N3OS. The van der Waals surface area contributed by atoms with Gasteiger partial charge in [0.15, 0.2) is 0 Å². The summed E-state index contributed by atoms with van der Waals surface area (Å²) in [7, 11) is 0. The van der Waals surface area contributed by atoms with Crippen LogP contribution in [0.4, 0.5) is 0 Å². The lowest BCUT2D eigenvalue weighted by Crippen LogP contribution is -2.32. The topological polar surface area (TPSA) is 38.1 Å². The highest BCUT2D eigenvalue weighted by Gasteiger charge is 2.21. The highest BCUT2D eigenvalue weighted by Crippen LogP contribution is 2.26. The molecule has 2 heterocycles. The van der Waals surface area contributed by atoms with Crippen LogP contribution in [0.15, 0.2) is 53.9 Å². The third kappa shape index (κ3) is 3.05. The van der Waals surface area contributed by atoms with E-state index in [1.807, 2.05) is 72.7 Å². The van der Waals surface area contributed by atoms with Crippen molar-refractivity contribution in [3.8, 4) is 16.3 Å². The lowest BCUT2D eigenvalue weighted by molar-refractivity contribution is 0.0764. The molecule has 1 amide bonds. The molecule has 0 aliphatic carbocycles. The van der Waals surface area contributed by atoms with E-state index in [9.17, 15) is 4.79 Å². The van der Waals surface area contributed by atoms with Gasteiger partial charge in [-0.2, -0.15) is 5.10 Å². The van der Waals surface area contributed by atoms with Crippen LogP contribution in [0, 0.1) is 0 Å². The Balaban J connectivity index is 2.11. The number of nitrogens with zero attached hydrogens (tertiary/aromatic N) is 3. The molecule has 0 bridgehead atoms. The van der Waals surface area contributed by atoms with Gasteiger partial charge in [0.2, 0.25) is 0 Å². The molecule has 0 N–H and O–H groups in total. The zero-order valence-corrected chi connectivity index (χ0v) is 14.1. The van der Waals surface area contributed by atoms with E-state index in [1.165, 1.54) is 0 Å². The quantitative estimate of drug-likeness (QED) is 0.709. The van der Waals surface area contributed by atoms with Crippen LogP contribution in [0.1, 0.15) is 24.3 Å². The van der Waals surface area contributed by atoms with Gasteiger partial charge in [-0.25, -0.2) is 4.68 Å². The maximum absolute atomic E-state index is 12.9. The van der Waals surface area contributed by atoms with Crippen LogP contribution in [0.5, 0.6) is 0 Å². The van der Waals surface area contributed by atoms with Crippen molar-refractivity contribution in [1.29, 1.82) is 0 Å². The molecular weight excluding hydrogens is 306 g/mol. The molecule has 5 heteroatoms. The van der Waals surface area contributed by atoms with E-state index in [0.29, 0.717) is 18.8 Å². The summed E-state index contributed by atoms with van der Waals surface area (Å²) in [6.45, 7) is 5.35. The first kappa shape index (κ1) is 15.5. The molecule has 0 saturated heterocycles. The molecule has 0 atom stereocenters. The Morgan fingerprint density at radius 1 is 1.13 bits per heavy atom. The van der Waals surface area contributed by atoms with Crippen LogP contribution in [0.3, 0.4) is 0 Å². The summed E-state index contributed by atoms with van der Waals surface area (Å²) in [5.41, 5.74) is 2.33. The van der Waals surface area contributed by atoms with Gasteiger partial charge in [0.25, 0.3) is 5.91 Å². The number of rotatable bonds is 5. The Morgan fingerprint density at radius 2 is 1.87 bits per heavy atom. The number of hydrogen-bond acceptors (Lipinski definition) is 3. The van der Waals surface area contributed by atoms with Crippen LogP contribution < -0.4 is 0 Å². The minimum Gasteiger partial charge on any atom is -0.338 e. The standard InChI is InChI=1S/C18H19N3OS/c1-3-20(4-2)18(22)16-13-15(17-11-8-12-23-17)19-21(16)14-9-6-5-7-10-14/h5-13H,3-4H2,1-2H3. The summed E-state index contributed by atoms with van der Waals surface area (Å²) in [5, 5.41) is 6.69. The van der Waals surface area contributed by atoms with E-state index < -0.39 is 0 Å². The highest BCUT2D eigenvalue weighted by atomic mass is 32.1. The third-order valence-electron chi connectivity index (χ3n) is 3.75. The van der Waals surface area contributed by atoms with Crippen molar-refractivity contribution in [2.75, 3.05) is 13.1 Å². The van der Waals surface area contributed by atoms with Crippen LogP contribution in [-0.2, 0) is 0 Å². The van der Waals surface area contributed by atoms with E-state index in [1.54, 1.807) is 16.0 Å². The minimum atomic E-state index is 0.00848. The van der Waals surface area contributed by atoms with Crippen molar-refractivity contribution in [3.05, 3.63) is 59.6 Å². The van der Waals surface area contributed by atoms with Gasteiger partial charge in [-0.15, -0.1) is 11.3 Å². The van der Waals surface area contributed by atoms with Gasteiger partial charge in [-0.05, 0) is 43.5 Å². The van der Waals surface area contributed by atoms with Crippen LogP contribution in [0.2, 0.25) is 0 Å². The van der Waals surface area contributed by atoms with Crippen molar-refractivity contribution in [1.82, 2.24) is 14.7 Å². The molecule has 1 aromatic carbocycles. The van der Waals surface area contributed by atoms with Gasteiger partial charge >= 0.3 is 0 Å². The summed E-state index contributed by atoms with van der Waals surface area (Å²) in [4.78, 5) is 15.7. The molecule has 23 heavy (non-hydrogen) atoms. The summed E-state index contributed by atoms with van der Waals surface area (Å²) in [6.07, 6.45) is 0. The lowest BCUT2D eigenvalue weighted by atomic mass is 10.2. The van der Waals surface area contributed by atoms with Crippen molar-refractivity contribution in [3.63, 3.8) is 0 Å². The second-order valence-electron chi connectivity index (χ2n) is 5.12. The summed E-state index contributed by atoms with van der Waals surface area (Å²) in [5.74, 6) is 0.00848. The molecule has 0 saturated carbocycles. The number of benzene rings is 1. The summed E-state index contributed by atoms with van der Waals surface area (Å²) < 4.78 is 1.75. The molecule has 0 aliphatic heterocycles. The maximum atomic E-state index is 12.9. The van der Waals surface area contributed by atoms with Gasteiger partial charge in [0, 0.05) is 13.1 Å². The van der Waals surface area contributed by atoms with Gasteiger partial charge in [-0.1, -0.05) is 24.3 Å². The van der Waals surface area contributed by atoms with Gasteiger partial charge in [0.05, 0.1) is 10.6 Å². The van der Waals surface area contributed by atoms with E-state index in [0.717, 1.165) is 16.3 Å². The SMILES string of the molecule is CCN(CC)C(=O)c1cc(-c2cccs2)nn1-c1ccccc1. The Morgan fingerprint density at radius 3 is 2.48 bits per heavy atom. The van der Waals surface area contributed by atoms with Crippen LogP contribution in [0.25, 0.3) is 16.3 Å². The van der Waals surface area contributed by atoms with Crippen molar-refractivity contribution < 1.29 is 4.79 Å². The number of para-hydroxylation sites is 1. The maximum Gasteiger partial charge on any atom is 0.272 e. The molecule has 2 aromatic heterocycles. The first-order valence-corrected chi connectivity index (χ1v) is 8.61. The fourth-order valence-corrected chi connectivity index (χ4v) is 3.20. The predicted octanol–water partition coefficient (Wildman–Crippen LogP) is 4.08. The smallest absolute Gasteiger partial charge is 0.272 e. The Bertz CT molecular complexity index is 774. The molecule has 118 valence electrons. The number of aromatic nitrogens is 2. The Kier molecular flexibility index (Phi) is 4.57. The molecule has 0 spiro atoms. The first-order chi connectivity index (χ1) is 11.2. The Hall–Kier alpha value is -2.40. The van der Waals surface area contributed by atoms with Gasteiger partial charge < -0.3 is 4.90 Å². The molecule has 4 nitrogen and oxygen atoms in total. The highest BCUT2D eigenvalue weighted by molar-refractivity contribution is 7.13. The zero-order valence-electron chi connectivity index (χ0n) is 13.3. The fraction of sp³-hybridized carbons (Fsp3) is 0.222. The average Bonchev–Trinajstić information content (AvgIpc) is 3.26. The van der Waals surface area contributed by atoms with Gasteiger partial charge in [0.1, 0.15) is 11.4 Å². The lowest BCUT2D eigenvalue weighted by Gasteiger charge is -2.19. The fourth-order valence-electron chi connectivity index (χ4n) is 2.52. The molecule has 0 aliphatic rings. The van der Waals surface area contributed by atoms with E-state index in [2.05, 4.69) is 5.10 Å². The Labute approximate surface area is 140 Å². The number of carbonyl (C=O) groups excluding carboxylic acids is 1. The minimum absolute atomic E-state index is 0.00848. The van der Waals surface area contributed by atoms with Crippen LogP contribution >= 0.6 is 11.3 Å². The van der Waals surface area contributed by atoms with E-state index in [-0.39, 0.29) is 5.91 Å². The predicted molar refractivity (Wildman–Crippen MR) is 94.1 cm³/mol. The number of hydrogen-bond donors (Lipinski definition) is 0. The average molecular weight is 325 g/mol. The number of amides is 1. The molecule has 0 unspecified atom stereocenters. The second-order valence-corrected chi connectivity index (χ2v) is 6.06. The third-order valence-corrected chi connectivity index (χ3v) is 4.65. The van der Waals surface area contributed by atoms with Crippen molar-refractivity contribution in [2.45, 2.75) is 13.8 Å². The first-order valence-electron chi connectivity index (χ1n) is 7.73. The monoisotopic (exact) mass is 325 g/mol. The molecule has 3 rings (SSSR count). The van der Waals surface area contributed by atoms with Gasteiger partial charge in [-0.3, -0.25) is 4.79 Å². The largest absolute Gasteiger partial charge is 0.338 e. The van der Waals surface area contributed by atoms with Crippen molar-refractivity contribution >= 4 is 17.2 Å². The molecule has 0 radical (unpaired) electrons. The normalized spacial score (nSPS) is 10.7. The zero-order chi connectivity index (χ0) is 16.2. The number of carbonyl (C=O) groups is 1. The summed E-state index contributed by atoms with van der Waals surface area (Å²) in [6, 6.07) is 15.7. The van der Waals surface area contributed by atoms with E-state index in [4.69, 9.17) is 0 Å². The van der Waals surface area contributed by atoms with Crippen LogP contribution in [-0.4, -0.2) is 33.7 Å². The number of thiophene rings is 1.